The second-order valence-electron chi connectivity index (χ2n) is 3.77. The van der Waals surface area contributed by atoms with Crippen LogP contribution in [0.2, 0.25) is 0 Å². The average molecular weight is 279 g/mol. The second-order valence-corrected chi connectivity index (χ2v) is 3.77. The van der Waals surface area contributed by atoms with Gasteiger partial charge >= 0.3 is 12.1 Å². The molecule has 0 unspecified atom stereocenters. The quantitative estimate of drug-likeness (QED) is 0.649. The maximum absolute atomic E-state index is 12.7. The van der Waals surface area contributed by atoms with Crippen LogP contribution in [0.25, 0.3) is 0 Å². The lowest BCUT2D eigenvalue weighted by molar-refractivity contribution is -0.138. The van der Waals surface area contributed by atoms with Crippen molar-refractivity contribution in [1.29, 1.82) is 0 Å². The summed E-state index contributed by atoms with van der Waals surface area (Å²) >= 11 is 0. The predicted molar refractivity (Wildman–Crippen MR) is 60.0 cm³/mol. The van der Waals surface area contributed by atoms with Crippen molar-refractivity contribution in [3.8, 4) is 0 Å². The number of halogens is 3. The predicted octanol–water partition coefficient (Wildman–Crippen LogP) is 1.17. The van der Waals surface area contributed by atoms with Gasteiger partial charge in [-0.2, -0.15) is 13.2 Å². The van der Waals surface area contributed by atoms with Gasteiger partial charge < -0.3 is 20.6 Å². The Hall–Kier alpha value is -1.80. The molecule has 1 aromatic carbocycles. The Morgan fingerprint density at radius 1 is 1.26 bits per heavy atom. The summed E-state index contributed by atoms with van der Waals surface area (Å²) in [4.78, 5) is 10.7. The van der Waals surface area contributed by atoms with Crippen molar-refractivity contribution < 1.29 is 33.3 Å². The molecule has 0 amide bonds. The lowest BCUT2D eigenvalue weighted by Crippen LogP contribution is -2.28. The molecule has 0 heterocycles. The van der Waals surface area contributed by atoms with E-state index in [-0.39, 0.29) is 5.69 Å². The third-order valence-corrected chi connectivity index (χ3v) is 2.37. The number of carbonyl (C=O) groups is 1. The standard InChI is InChI=1S/C11H12F3NO4/c12-11(13,14)9-3-6(15-7(4-16)5-17)1-2-8(9)10(18)19/h1-3,7,15-17H,4-5H2,(H,18,19). The molecule has 19 heavy (non-hydrogen) atoms. The number of aliphatic hydroxyl groups excluding tert-OH is 2. The highest BCUT2D eigenvalue weighted by Gasteiger charge is 2.35. The normalized spacial score (nSPS) is 11.7. The van der Waals surface area contributed by atoms with Gasteiger partial charge in [-0.15, -0.1) is 0 Å². The minimum absolute atomic E-state index is 0.0366. The molecule has 0 spiro atoms. The molecule has 1 rings (SSSR count). The number of hydrogen-bond donors (Lipinski definition) is 4. The molecule has 0 aliphatic heterocycles. The largest absolute Gasteiger partial charge is 0.478 e. The van der Waals surface area contributed by atoms with Gasteiger partial charge in [-0.3, -0.25) is 0 Å². The second kappa shape index (κ2) is 5.89. The Morgan fingerprint density at radius 2 is 1.84 bits per heavy atom. The molecular formula is C11H12F3NO4. The van der Waals surface area contributed by atoms with Gasteiger partial charge in [0.25, 0.3) is 0 Å². The molecule has 0 atom stereocenters. The number of alkyl halides is 3. The Labute approximate surface area is 106 Å². The fourth-order valence-corrected chi connectivity index (χ4v) is 1.44. The first-order valence-electron chi connectivity index (χ1n) is 5.22. The van der Waals surface area contributed by atoms with Crippen LogP contribution in [0, 0.1) is 0 Å². The summed E-state index contributed by atoms with van der Waals surface area (Å²) in [5.41, 5.74) is -2.19. The van der Waals surface area contributed by atoms with E-state index in [9.17, 15) is 18.0 Å². The van der Waals surface area contributed by atoms with Crippen LogP contribution in [0.3, 0.4) is 0 Å². The first kappa shape index (κ1) is 15.3. The van der Waals surface area contributed by atoms with Gasteiger partial charge in [0.1, 0.15) is 0 Å². The van der Waals surface area contributed by atoms with Crippen molar-refractivity contribution in [2.45, 2.75) is 12.2 Å². The van der Waals surface area contributed by atoms with Crippen molar-refractivity contribution in [3.63, 3.8) is 0 Å². The van der Waals surface area contributed by atoms with Crippen LogP contribution in [0.15, 0.2) is 18.2 Å². The van der Waals surface area contributed by atoms with Crippen molar-refractivity contribution in [1.82, 2.24) is 0 Å². The van der Waals surface area contributed by atoms with Crippen molar-refractivity contribution >= 4 is 11.7 Å². The van der Waals surface area contributed by atoms with E-state index >= 15 is 0 Å². The molecule has 0 aromatic heterocycles. The molecule has 0 aliphatic carbocycles. The zero-order valence-electron chi connectivity index (χ0n) is 9.61. The first-order valence-corrected chi connectivity index (χ1v) is 5.22. The fraction of sp³-hybridized carbons (Fsp3) is 0.364. The van der Waals surface area contributed by atoms with E-state index < -0.39 is 42.5 Å². The molecule has 0 radical (unpaired) electrons. The van der Waals surface area contributed by atoms with Crippen LogP contribution >= 0.6 is 0 Å². The molecule has 0 saturated carbocycles. The van der Waals surface area contributed by atoms with E-state index in [1.165, 1.54) is 0 Å². The number of rotatable bonds is 5. The maximum atomic E-state index is 12.7. The molecule has 106 valence electrons. The van der Waals surface area contributed by atoms with Crippen LogP contribution in [0.5, 0.6) is 0 Å². The maximum Gasteiger partial charge on any atom is 0.417 e. The topological polar surface area (TPSA) is 89.8 Å². The molecule has 4 N–H and O–H groups in total. The molecule has 1 aromatic rings. The summed E-state index contributed by atoms with van der Waals surface area (Å²) in [5.74, 6) is -1.68. The van der Waals surface area contributed by atoms with Crippen LogP contribution in [-0.4, -0.2) is 40.5 Å². The van der Waals surface area contributed by atoms with Gasteiger partial charge in [0, 0.05) is 5.69 Å². The molecular weight excluding hydrogens is 267 g/mol. The minimum atomic E-state index is -4.81. The third-order valence-electron chi connectivity index (χ3n) is 2.37. The van der Waals surface area contributed by atoms with Gasteiger partial charge in [-0.25, -0.2) is 4.79 Å². The van der Waals surface area contributed by atoms with Gasteiger partial charge in [-0.05, 0) is 18.2 Å². The van der Waals surface area contributed by atoms with E-state index in [0.717, 1.165) is 12.1 Å². The van der Waals surface area contributed by atoms with E-state index in [1.54, 1.807) is 0 Å². The molecule has 5 nitrogen and oxygen atoms in total. The van der Waals surface area contributed by atoms with E-state index in [1.807, 2.05) is 0 Å². The lowest BCUT2D eigenvalue weighted by atomic mass is 10.1. The number of carboxylic acid groups (broad SMARTS) is 1. The van der Waals surface area contributed by atoms with Crippen molar-refractivity contribution in [3.05, 3.63) is 29.3 Å². The third kappa shape index (κ3) is 3.83. The number of aromatic carboxylic acids is 1. The number of carboxylic acids is 1. The fourth-order valence-electron chi connectivity index (χ4n) is 1.44. The van der Waals surface area contributed by atoms with Crippen molar-refractivity contribution in [2.75, 3.05) is 18.5 Å². The number of anilines is 1. The summed E-state index contributed by atoms with van der Waals surface area (Å²) in [6.07, 6.45) is -4.81. The zero-order chi connectivity index (χ0) is 14.6. The van der Waals surface area contributed by atoms with Crippen molar-refractivity contribution in [2.24, 2.45) is 0 Å². The van der Waals surface area contributed by atoms with E-state index in [2.05, 4.69) is 5.32 Å². The molecule has 0 saturated heterocycles. The van der Waals surface area contributed by atoms with Crippen LogP contribution < -0.4 is 5.32 Å². The van der Waals surface area contributed by atoms with Crippen LogP contribution in [-0.2, 0) is 6.18 Å². The Morgan fingerprint density at radius 3 is 2.26 bits per heavy atom. The first-order chi connectivity index (χ1) is 8.79. The number of hydrogen-bond acceptors (Lipinski definition) is 4. The average Bonchev–Trinajstić information content (AvgIpc) is 2.34. The Kier molecular flexibility index (Phi) is 4.73. The van der Waals surface area contributed by atoms with Gasteiger partial charge in [0.15, 0.2) is 0 Å². The summed E-state index contributed by atoms with van der Waals surface area (Å²) < 4.78 is 38.1. The highest BCUT2D eigenvalue weighted by Crippen LogP contribution is 2.34. The minimum Gasteiger partial charge on any atom is -0.478 e. The molecule has 0 aliphatic rings. The number of aliphatic hydroxyl groups is 2. The molecule has 8 heteroatoms. The molecule has 0 fully saturated rings. The highest BCUT2D eigenvalue weighted by molar-refractivity contribution is 5.90. The van der Waals surface area contributed by atoms with Gasteiger partial charge in [0.05, 0.1) is 30.4 Å². The number of nitrogens with one attached hydrogen (secondary N) is 1. The van der Waals surface area contributed by atoms with Gasteiger partial charge in [-0.1, -0.05) is 0 Å². The lowest BCUT2D eigenvalue weighted by Gasteiger charge is -2.17. The van der Waals surface area contributed by atoms with Crippen LogP contribution in [0.4, 0.5) is 18.9 Å². The monoisotopic (exact) mass is 279 g/mol. The number of benzene rings is 1. The Balaban J connectivity index is 3.15. The SMILES string of the molecule is O=C(O)c1ccc(NC(CO)CO)cc1C(F)(F)F. The highest BCUT2D eigenvalue weighted by atomic mass is 19.4. The van der Waals surface area contributed by atoms with Gasteiger partial charge in [0.2, 0.25) is 0 Å². The molecule has 0 bridgehead atoms. The zero-order valence-corrected chi connectivity index (χ0v) is 9.61. The van der Waals surface area contributed by atoms with E-state index in [0.29, 0.717) is 6.07 Å². The smallest absolute Gasteiger partial charge is 0.417 e. The summed E-state index contributed by atoms with van der Waals surface area (Å²) in [5, 5.41) is 28.8. The summed E-state index contributed by atoms with van der Waals surface area (Å²) in [6.45, 7) is -0.947. The Bertz CT molecular complexity index is 458. The summed E-state index contributed by atoms with van der Waals surface area (Å²) in [7, 11) is 0. The summed E-state index contributed by atoms with van der Waals surface area (Å²) in [6, 6.07) is 1.76. The van der Waals surface area contributed by atoms with E-state index in [4.69, 9.17) is 15.3 Å². The van der Waals surface area contributed by atoms with Crippen LogP contribution in [0.1, 0.15) is 15.9 Å².